The van der Waals surface area contributed by atoms with Crippen LogP contribution in [-0.4, -0.2) is 66.6 Å². The number of nitrogens with zero attached hydrogens (tertiary/aromatic N) is 3. The molecule has 2 atom stereocenters. The van der Waals surface area contributed by atoms with Crippen LogP contribution in [-0.2, 0) is 16.1 Å². The van der Waals surface area contributed by atoms with Crippen LogP contribution in [0.15, 0.2) is 5.38 Å². The van der Waals surface area contributed by atoms with Crippen molar-refractivity contribution in [3.8, 4) is 0 Å². The summed E-state index contributed by atoms with van der Waals surface area (Å²) in [5, 5.41) is 6.46. The van der Waals surface area contributed by atoms with E-state index in [1.54, 1.807) is 11.3 Å². The molecule has 0 bridgehead atoms. The molecule has 134 valence electrons. The highest BCUT2D eigenvalue weighted by Crippen LogP contribution is 2.22. The molecule has 0 aromatic carbocycles. The van der Waals surface area contributed by atoms with Gasteiger partial charge in [0.25, 0.3) is 0 Å². The first-order valence-corrected chi connectivity index (χ1v) is 9.83. The van der Waals surface area contributed by atoms with Crippen molar-refractivity contribution in [2.24, 2.45) is 5.92 Å². The Kier molecular flexibility index (Phi) is 6.21. The summed E-state index contributed by atoms with van der Waals surface area (Å²) in [7, 11) is 0. The number of amides is 1. The first-order chi connectivity index (χ1) is 11.7. The van der Waals surface area contributed by atoms with E-state index in [0.29, 0.717) is 12.5 Å². The van der Waals surface area contributed by atoms with Crippen molar-refractivity contribution in [3.05, 3.63) is 16.1 Å². The van der Waals surface area contributed by atoms with Gasteiger partial charge in [0, 0.05) is 51.3 Å². The molecular formula is C17H28N4O2S. The molecular weight excluding hydrogens is 324 g/mol. The molecule has 0 radical (unpaired) electrons. The molecule has 3 heterocycles. The molecule has 3 rings (SSSR count). The largest absolute Gasteiger partial charge is 0.372 e. The van der Waals surface area contributed by atoms with Gasteiger partial charge in [-0.25, -0.2) is 4.98 Å². The molecule has 2 unspecified atom stereocenters. The summed E-state index contributed by atoms with van der Waals surface area (Å²) in [5.41, 5.74) is 1.11. The van der Waals surface area contributed by atoms with Gasteiger partial charge >= 0.3 is 0 Å². The fourth-order valence-corrected chi connectivity index (χ4v) is 4.20. The van der Waals surface area contributed by atoms with E-state index in [4.69, 9.17) is 9.72 Å². The molecule has 0 spiro atoms. The average Bonchev–Trinajstić information content (AvgIpc) is 3.27. The molecule has 2 fully saturated rings. The number of hydrogen-bond acceptors (Lipinski definition) is 6. The van der Waals surface area contributed by atoms with Crippen molar-refractivity contribution in [2.45, 2.75) is 32.9 Å². The quantitative estimate of drug-likeness (QED) is 0.841. The van der Waals surface area contributed by atoms with Crippen LogP contribution in [0.25, 0.3) is 0 Å². The van der Waals surface area contributed by atoms with E-state index >= 15 is 0 Å². The molecule has 1 amide bonds. The fourth-order valence-electron chi connectivity index (χ4n) is 3.38. The number of nitrogens with one attached hydrogen (secondary N) is 1. The van der Waals surface area contributed by atoms with Crippen LogP contribution >= 0.6 is 11.3 Å². The minimum atomic E-state index is 0.0724. The third-order valence-electron chi connectivity index (χ3n) is 4.81. The second-order valence-corrected chi connectivity index (χ2v) is 7.46. The SMILES string of the molecule is CCOC(C)c1nc(CN2CCN(C(=O)C3CCNC3)CC2)cs1. The topological polar surface area (TPSA) is 57.7 Å². The van der Waals surface area contributed by atoms with Crippen LogP contribution in [0.4, 0.5) is 0 Å². The van der Waals surface area contributed by atoms with E-state index in [-0.39, 0.29) is 12.0 Å². The summed E-state index contributed by atoms with van der Waals surface area (Å²) in [4.78, 5) is 21.6. The summed E-state index contributed by atoms with van der Waals surface area (Å²) in [6.45, 7) is 11.0. The van der Waals surface area contributed by atoms with Gasteiger partial charge in [-0.2, -0.15) is 0 Å². The Morgan fingerprint density at radius 3 is 2.92 bits per heavy atom. The summed E-state index contributed by atoms with van der Waals surface area (Å²) in [6.07, 6.45) is 1.06. The van der Waals surface area contributed by atoms with Gasteiger partial charge in [0.2, 0.25) is 5.91 Å². The van der Waals surface area contributed by atoms with Gasteiger partial charge < -0.3 is 15.0 Å². The zero-order valence-corrected chi connectivity index (χ0v) is 15.5. The fraction of sp³-hybridized carbons (Fsp3) is 0.765. The van der Waals surface area contributed by atoms with Crippen molar-refractivity contribution >= 4 is 17.2 Å². The maximum Gasteiger partial charge on any atom is 0.227 e. The highest BCUT2D eigenvalue weighted by atomic mass is 32.1. The van der Waals surface area contributed by atoms with Crippen molar-refractivity contribution < 1.29 is 9.53 Å². The standard InChI is InChI=1S/C17H28N4O2S/c1-3-23-13(2)16-19-15(12-24-16)11-20-6-8-21(9-7-20)17(22)14-4-5-18-10-14/h12-14,18H,3-11H2,1-2H3. The lowest BCUT2D eigenvalue weighted by Crippen LogP contribution is -2.50. The number of carbonyl (C=O) groups excluding carboxylic acids is 1. The minimum Gasteiger partial charge on any atom is -0.372 e. The number of aromatic nitrogens is 1. The molecule has 1 aromatic heterocycles. The minimum absolute atomic E-state index is 0.0724. The first-order valence-electron chi connectivity index (χ1n) is 8.95. The maximum absolute atomic E-state index is 12.4. The van der Waals surface area contributed by atoms with Gasteiger partial charge in [-0.1, -0.05) is 0 Å². The van der Waals surface area contributed by atoms with Crippen LogP contribution in [0.5, 0.6) is 0 Å². The number of rotatable bonds is 6. The lowest BCUT2D eigenvalue weighted by atomic mass is 10.1. The molecule has 2 aliphatic heterocycles. The van der Waals surface area contributed by atoms with Crippen LogP contribution in [0, 0.1) is 5.92 Å². The monoisotopic (exact) mass is 352 g/mol. The summed E-state index contributed by atoms with van der Waals surface area (Å²) < 4.78 is 5.61. The summed E-state index contributed by atoms with van der Waals surface area (Å²) in [5.74, 6) is 0.527. The molecule has 2 saturated heterocycles. The highest BCUT2D eigenvalue weighted by Gasteiger charge is 2.29. The predicted octanol–water partition coefficient (Wildman–Crippen LogP) is 1.49. The second-order valence-electron chi connectivity index (χ2n) is 6.57. The van der Waals surface area contributed by atoms with Gasteiger partial charge in [0.05, 0.1) is 11.6 Å². The average molecular weight is 353 g/mol. The maximum atomic E-state index is 12.4. The highest BCUT2D eigenvalue weighted by molar-refractivity contribution is 7.09. The lowest BCUT2D eigenvalue weighted by Gasteiger charge is -2.35. The van der Waals surface area contributed by atoms with Crippen LogP contribution < -0.4 is 5.32 Å². The second kappa shape index (κ2) is 8.38. The van der Waals surface area contributed by atoms with E-state index < -0.39 is 0 Å². The number of piperazine rings is 1. The van der Waals surface area contributed by atoms with Crippen molar-refractivity contribution in [1.82, 2.24) is 20.1 Å². The van der Waals surface area contributed by atoms with E-state index in [9.17, 15) is 4.79 Å². The van der Waals surface area contributed by atoms with Crippen LogP contribution in [0.3, 0.4) is 0 Å². The van der Waals surface area contributed by atoms with Crippen molar-refractivity contribution in [3.63, 3.8) is 0 Å². The summed E-state index contributed by atoms with van der Waals surface area (Å²) in [6, 6.07) is 0. The Hall–Kier alpha value is -1.02. The predicted molar refractivity (Wildman–Crippen MR) is 95.0 cm³/mol. The van der Waals surface area contributed by atoms with E-state index in [0.717, 1.165) is 62.9 Å². The number of carbonyl (C=O) groups is 1. The molecule has 0 aliphatic carbocycles. The Balaban J connectivity index is 1.46. The van der Waals surface area contributed by atoms with Gasteiger partial charge in [0.1, 0.15) is 11.1 Å². The van der Waals surface area contributed by atoms with Crippen LogP contribution in [0.2, 0.25) is 0 Å². The number of thiazole rings is 1. The molecule has 0 saturated carbocycles. The van der Waals surface area contributed by atoms with Gasteiger partial charge in [0.15, 0.2) is 0 Å². The van der Waals surface area contributed by atoms with Gasteiger partial charge in [-0.05, 0) is 26.8 Å². The first kappa shape index (κ1) is 17.8. The summed E-state index contributed by atoms with van der Waals surface area (Å²) >= 11 is 1.67. The number of ether oxygens (including phenoxy) is 1. The number of hydrogen-bond donors (Lipinski definition) is 1. The van der Waals surface area contributed by atoms with E-state index in [1.165, 1.54) is 0 Å². The molecule has 6 nitrogen and oxygen atoms in total. The Labute approximate surface area is 148 Å². The zero-order chi connectivity index (χ0) is 16.9. The third-order valence-corrected chi connectivity index (χ3v) is 5.87. The zero-order valence-electron chi connectivity index (χ0n) is 14.7. The van der Waals surface area contributed by atoms with Crippen molar-refractivity contribution in [1.29, 1.82) is 0 Å². The molecule has 1 aromatic rings. The Morgan fingerprint density at radius 2 is 2.25 bits per heavy atom. The Morgan fingerprint density at radius 1 is 1.46 bits per heavy atom. The van der Waals surface area contributed by atoms with Crippen LogP contribution in [0.1, 0.15) is 37.1 Å². The molecule has 2 aliphatic rings. The molecule has 1 N–H and O–H groups in total. The van der Waals surface area contributed by atoms with Gasteiger partial charge in [-0.15, -0.1) is 11.3 Å². The van der Waals surface area contributed by atoms with E-state index in [2.05, 4.69) is 15.6 Å². The van der Waals surface area contributed by atoms with Crippen molar-refractivity contribution in [2.75, 3.05) is 45.9 Å². The van der Waals surface area contributed by atoms with Gasteiger partial charge in [-0.3, -0.25) is 9.69 Å². The third kappa shape index (κ3) is 4.33. The lowest BCUT2D eigenvalue weighted by molar-refractivity contribution is -0.136. The molecule has 7 heteroatoms. The molecule has 24 heavy (non-hydrogen) atoms. The normalized spacial score (nSPS) is 23.6. The smallest absolute Gasteiger partial charge is 0.227 e. The Bertz CT molecular complexity index is 536. The van der Waals surface area contributed by atoms with E-state index in [1.807, 2.05) is 18.7 Å².